The fourth-order valence-electron chi connectivity index (χ4n) is 4.04. The Hall–Kier alpha value is -2.36. The van der Waals surface area contributed by atoms with Gasteiger partial charge < -0.3 is 5.11 Å². The molecule has 1 heterocycles. The average molecular weight is 380 g/mol. The number of carboxylic acid groups (broad SMARTS) is 1. The third-order valence-corrected chi connectivity index (χ3v) is 5.77. The van der Waals surface area contributed by atoms with Crippen LogP contribution in [0.25, 0.3) is 10.8 Å². The number of carbonyl (C=O) groups is 1. The van der Waals surface area contributed by atoms with E-state index in [1.807, 2.05) is 12.1 Å². The Bertz CT molecular complexity index is 946. The van der Waals surface area contributed by atoms with Crippen molar-refractivity contribution in [1.29, 1.82) is 0 Å². The zero-order valence-electron chi connectivity index (χ0n) is 15.0. The lowest BCUT2D eigenvalue weighted by Gasteiger charge is -2.37. The maximum atomic E-state index is 11.3. The van der Waals surface area contributed by atoms with Crippen LogP contribution in [0.4, 0.5) is 0 Å². The van der Waals surface area contributed by atoms with Crippen molar-refractivity contribution in [1.82, 2.24) is 4.90 Å². The maximum Gasteiger partial charge on any atom is 0.306 e. The molecule has 1 aliphatic heterocycles. The third-order valence-electron chi connectivity index (χ3n) is 5.52. The summed E-state index contributed by atoms with van der Waals surface area (Å²) in [5, 5.41) is 12.5. The van der Waals surface area contributed by atoms with E-state index in [1.165, 1.54) is 21.9 Å². The Balaban J connectivity index is 1.71. The van der Waals surface area contributed by atoms with Gasteiger partial charge in [0.2, 0.25) is 0 Å². The number of benzene rings is 3. The van der Waals surface area contributed by atoms with Gasteiger partial charge in [0.05, 0.1) is 12.0 Å². The van der Waals surface area contributed by atoms with Crippen LogP contribution in [-0.4, -0.2) is 29.1 Å². The van der Waals surface area contributed by atoms with Crippen LogP contribution in [0.2, 0.25) is 5.02 Å². The zero-order valence-corrected chi connectivity index (χ0v) is 15.8. The van der Waals surface area contributed by atoms with Crippen LogP contribution in [0.3, 0.4) is 0 Å². The van der Waals surface area contributed by atoms with E-state index in [-0.39, 0.29) is 12.0 Å². The number of likely N-dealkylation sites (tertiary alicyclic amines) is 1. The molecule has 0 amide bonds. The smallest absolute Gasteiger partial charge is 0.306 e. The summed E-state index contributed by atoms with van der Waals surface area (Å²) in [7, 11) is 0. The number of piperidine rings is 1. The van der Waals surface area contributed by atoms with Crippen LogP contribution in [0.1, 0.15) is 30.0 Å². The summed E-state index contributed by atoms with van der Waals surface area (Å²) in [6, 6.07) is 23.1. The van der Waals surface area contributed by atoms with Crippen LogP contribution < -0.4 is 0 Å². The van der Waals surface area contributed by atoms with Crippen LogP contribution in [0.5, 0.6) is 0 Å². The average Bonchev–Trinajstić information content (AvgIpc) is 2.70. The van der Waals surface area contributed by atoms with Crippen LogP contribution in [0, 0.1) is 5.92 Å². The molecule has 1 atom stereocenters. The first-order chi connectivity index (χ1) is 13.1. The van der Waals surface area contributed by atoms with Gasteiger partial charge in [-0.05, 0) is 66.0 Å². The molecule has 138 valence electrons. The molecule has 0 aromatic heterocycles. The summed E-state index contributed by atoms with van der Waals surface area (Å²) in [6.07, 6.45) is 1.38. The summed E-state index contributed by atoms with van der Waals surface area (Å²) < 4.78 is 0. The molecule has 3 aromatic carbocycles. The van der Waals surface area contributed by atoms with Gasteiger partial charge in [-0.25, -0.2) is 0 Å². The van der Waals surface area contributed by atoms with Gasteiger partial charge in [-0.2, -0.15) is 0 Å². The second kappa shape index (κ2) is 7.71. The summed E-state index contributed by atoms with van der Waals surface area (Å²) >= 11 is 6.10. The lowest BCUT2D eigenvalue weighted by molar-refractivity contribution is -0.143. The van der Waals surface area contributed by atoms with Crippen molar-refractivity contribution in [2.75, 3.05) is 13.1 Å². The van der Waals surface area contributed by atoms with E-state index in [4.69, 9.17) is 11.6 Å². The van der Waals surface area contributed by atoms with Crippen molar-refractivity contribution in [2.45, 2.75) is 18.9 Å². The second-order valence-corrected chi connectivity index (χ2v) is 7.65. The predicted octanol–water partition coefficient (Wildman–Crippen LogP) is 5.38. The Kier molecular flexibility index (Phi) is 5.15. The normalized spacial score (nSPS) is 17.1. The number of fused-ring (bicyclic) bond motifs is 1. The lowest BCUT2D eigenvalue weighted by Crippen LogP contribution is -2.39. The molecule has 1 fully saturated rings. The summed E-state index contributed by atoms with van der Waals surface area (Å²) in [4.78, 5) is 13.7. The largest absolute Gasteiger partial charge is 0.481 e. The molecule has 1 saturated heterocycles. The Morgan fingerprint density at radius 1 is 0.926 bits per heavy atom. The van der Waals surface area contributed by atoms with E-state index in [0.717, 1.165) is 18.1 Å². The minimum atomic E-state index is -0.677. The van der Waals surface area contributed by atoms with Crippen LogP contribution in [0.15, 0.2) is 66.7 Å². The van der Waals surface area contributed by atoms with Crippen molar-refractivity contribution in [3.05, 3.63) is 82.9 Å². The molecule has 3 aromatic rings. The monoisotopic (exact) mass is 379 g/mol. The molecule has 0 aliphatic carbocycles. The molecule has 4 rings (SSSR count). The van der Waals surface area contributed by atoms with Gasteiger partial charge in [0.1, 0.15) is 0 Å². The number of hydrogen-bond acceptors (Lipinski definition) is 2. The minimum Gasteiger partial charge on any atom is -0.481 e. The van der Waals surface area contributed by atoms with Gasteiger partial charge in [-0.3, -0.25) is 9.69 Å². The summed E-state index contributed by atoms with van der Waals surface area (Å²) in [5.74, 6) is -0.910. The van der Waals surface area contributed by atoms with Crippen LogP contribution in [-0.2, 0) is 4.79 Å². The topological polar surface area (TPSA) is 40.5 Å². The van der Waals surface area contributed by atoms with Crippen molar-refractivity contribution in [2.24, 2.45) is 5.92 Å². The molecular weight excluding hydrogens is 358 g/mol. The highest BCUT2D eigenvalue weighted by atomic mass is 35.5. The molecule has 0 saturated carbocycles. The van der Waals surface area contributed by atoms with Gasteiger partial charge in [-0.15, -0.1) is 0 Å². The molecule has 1 unspecified atom stereocenters. The highest BCUT2D eigenvalue weighted by Gasteiger charge is 2.30. The number of nitrogens with zero attached hydrogens (tertiary/aromatic N) is 1. The molecule has 1 N–H and O–H groups in total. The molecule has 4 heteroatoms. The molecular formula is C23H22ClNO2. The van der Waals surface area contributed by atoms with E-state index < -0.39 is 5.97 Å². The summed E-state index contributed by atoms with van der Waals surface area (Å²) in [6.45, 7) is 1.55. The third kappa shape index (κ3) is 3.85. The molecule has 1 aliphatic rings. The molecule has 0 bridgehead atoms. The highest BCUT2D eigenvalue weighted by molar-refractivity contribution is 6.30. The lowest BCUT2D eigenvalue weighted by atomic mass is 9.90. The Morgan fingerprint density at radius 2 is 1.56 bits per heavy atom. The van der Waals surface area contributed by atoms with E-state index >= 15 is 0 Å². The number of carboxylic acids is 1. The van der Waals surface area contributed by atoms with Crippen molar-refractivity contribution >= 4 is 28.3 Å². The van der Waals surface area contributed by atoms with Gasteiger partial charge in [0.25, 0.3) is 0 Å². The quantitative estimate of drug-likeness (QED) is 0.661. The summed E-state index contributed by atoms with van der Waals surface area (Å²) in [5.41, 5.74) is 2.41. The number of rotatable bonds is 4. The number of hydrogen-bond donors (Lipinski definition) is 1. The highest BCUT2D eigenvalue weighted by Crippen LogP contribution is 2.34. The van der Waals surface area contributed by atoms with E-state index in [0.29, 0.717) is 12.8 Å². The number of halogens is 1. The fraction of sp³-hybridized carbons (Fsp3) is 0.261. The first-order valence-corrected chi connectivity index (χ1v) is 9.70. The Labute approximate surface area is 164 Å². The van der Waals surface area contributed by atoms with Crippen molar-refractivity contribution in [3.63, 3.8) is 0 Å². The maximum absolute atomic E-state index is 11.3. The number of aliphatic carboxylic acids is 1. The van der Waals surface area contributed by atoms with Gasteiger partial charge in [0, 0.05) is 5.02 Å². The van der Waals surface area contributed by atoms with Gasteiger partial charge in [-0.1, -0.05) is 60.1 Å². The Morgan fingerprint density at radius 3 is 2.22 bits per heavy atom. The fourth-order valence-corrected chi connectivity index (χ4v) is 4.17. The zero-order chi connectivity index (χ0) is 18.8. The molecule has 3 nitrogen and oxygen atoms in total. The van der Waals surface area contributed by atoms with Crippen molar-refractivity contribution in [3.8, 4) is 0 Å². The predicted molar refractivity (Wildman–Crippen MR) is 109 cm³/mol. The van der Waals surface area contributed by atoms with Crippen molar-refractivity contribution < 1.29 is 9.90 Å². The second-order valence-electron chi connectivity index (χ2n) is 7.21. The first kappa shape index (κ1) is 18.0. The SMILES string of the molecule is O=C(O)C1CCN(C(c2ccc(Cl)cc2)c2ccc3ccccc3c2)CC1. The first-order valence-electron chi connectivity index (χ1n) is 9.33. The minimum absolute atomic E-state index is 0.0987. The molecule has 0 radical (unpaired) electrons. The molecule has 27 heavy (non-hydrogen) atoms. The van der Waals surface area contributed by atoms with Gasteiger partial charge >= 0.3 is 5.97 Å². The van der Waals surface area contributed by atoms with Crippen LogP contribution >= 0.6 is 11.6 Å². The van der Waals surface area contributed by atoms with Gasteiger partial charge in [0.15, 0.2) is 0 Å². The van der Waals surface area contributed by atoms with E-state index in [2.05, 4.69) is 59.5 Å². The standard InChI is InChI=1S/C23H22ClNO2/c24-21-9-7-17(8-10-21)22(25-13-11-18(12-14-25)23(26)27)20-6-5-16-3-1-2-4-19(16)15-20/h1-10,15,18,22H,11-14H2,(H,26,27). The molecule has 0 spiro atoms. The van der Waals surface area contributed by atoms with E-state index in [1.54, 1.807) is 0 Å². The van der Waals surface area contributed by atoms with E-state index in [9.17, 15) is 9.90 Å².